The minimum absolute atomic E-state index is 0. The molecule has 0 atom stereocenters. The molecule has 0 radical (unpaired) electrons. The number of benzene rings is 2. The van der Waals surface area contributed by atoms with Gasteiger partial charge in [-0.15, -0.1) is 6.42 Å². The number of carbonyl (C=O) groups is 1. The van der Waals surface area contributed by atoms with Crippen LogP contribution in [0.25, 0.3) is 11.4 Å². The largest absolute Gasteiger partial charge is 1.00 e. The van der Waals surface area contributed by atoms with Gasteiger partial charge >= 0.3 is 29.6 Å². The second-order valence-electron chi connectivity index (χ2n) is 5.59. The molecule has 0 saturated carbocycles. The van der Waals surface area contributed by atoms with Crippen LogP contribution in [0.4, 0.5) is 0 Å². The first-order valence-electron chi connectivity index (χ1n) is 7.74. The normalized spacial score (nSPS) is 10.3. The molecule has 3 rings (SSSR count). The number of hydrogen-bond donors (Lipinski definition) is 0. The summed E-state index contributed by atoms with van der Waals surface area (Å²) in [6, 6.07) is 18.0. The third kappa shape index (κ3) is 3.95. The molecule has 0 unspecified atom stereocenters. The van der Waals surface area contributed by atoms with Gasteiger partial charge in [0.2, 0.25) is 0 Å². The van der Waals surface area contributed by atoms with E-state index in [1.54, 1.807) is 24.3 Å². The van der Waals surface area contributed by atoms with Gasteiger partial charge in [0.1, 0.15) is 16.9 Å². The summed E-state index contributed by atoms with van der Waals surface area (Å²) >= 11 is 0. The van der Waals surface area contributed by atoms with E-state index in [4.69, 9.17) is 0 Å². The average molecular weight is 344 g/mol. The van der Waals surface area contributed by atoms with Crippen LogP contribution in [0.15, 0.2) is 70.3 Å². The fraction of sp³-hybridized carbons (Fsp3) is 0.158. The molecular weight excluding hydrogens is 327 g/mol. The zero-order valence-electron chi connectivity index (χ0n) is 14.3. The van der Waals surface area contributed by atoms with Gasteiger partial charge in [0.15, 0.2) is 0 Å². The number of ketones is 1. The summed E-state index contributed by atoms with van der Waals surface area (Å²) in [6.07, 6.45) is 0.331. The molecule has 5 nitrogen and oxygen atoms in total. The van der Waals surface area contributed by atoms with Gasteiger partial charge in [-0.25, -0.2) is 14.9 Å². The molecule has 1 aromatic heterocycles. The minimum Gasteiger partial charge on any atom is -0.308 e. The predicted octanol–water partition coefficient (Wildman–Crippen LogP) is -0.767. The monoisotopic (exact) mass is 344 g/mol. The Labute approximate surface area is 167 Å². The molecule has 25 heavy (non-hydrogen) atoms. The molecule has 3 aromatic rings. The molecule has 122 valence electrons. The Balaban J connectivity index is 0.00000225. The maximum Gasteiger partial charge on any atom is 1.00 e. The van der Waals surface area contributed by atoms with Crippen molar-refractivity contribution in [3.63, 3.8) is 0 Å². The first-order chi connectivity index (χ1) is 11.6. The maximum atomic E-state index is 12.8. The number of nitrogens with zero attached hydrogens (tertiary/aromatic N) is 2. The zero-order valence-corrected chi connectivity index (χ0v) is 16.3. The van der Waals surface area contributed by atoms with Crippen molar-refractivity contribution in [2.75, 3.05) is 0 Å². The molecule has 2 aromatic carbocycles. The van der Waals surface area contributed by atoms with E-state index in [2.05, 4.69) is 0 Å². The van der Waals surface area contributed by atoms with Crippen LogP contribution in [-0.4, -0.2) is 15.1 Å². The van der Waals surface area contributed by atoms with Gasteiger partial charge in [-0.1, -0.05) is 36.4 Å². The number of Topliss-reactive ketones (excluding diaryl/α,β-unsaturated/α-hetero) is 1. The number of rotatable bonds is 5. The molecule has 0 N–H and O–H groups in total. The zero-order chi connectivity index (χ0) is 17.1. The third-order valence-electron chi connectivity index (χ3n) is 3.83. The van der Waals surface area contributed by atoms with Crippen molar-refractivity contribution in [2.45, 2.75) is 19.8 Å². The summed E-state index contributed by atoms with van der Waals surface area (Å²) in [6.45, 7) is 1.45. The fourth-order valence-corrected chi connectivity index (χ4v) is 2.65. The van der Waals surface area contributed by atoms with E-state index in [1.165, 1.54) is 16.3 Å². The molecule has 0 aliphatic heterocycles. The van der Waals surface area contributed by atoms with E-state index in [-0.39, 0.29) is 64.9 Å². The Bertz CT molecular complexity index is 898. The molecule has 0 spiro atoms. The number of aromatic nitrogens is 2. The summed E-state index contributed by atoms with van der Waals surface area (Å²) in [5, 5.41) is 0. The van der Waals surface area contributed by atoms with Crippen molar-refractivity contribution >= 4 is 5.78 Å². The molecule has 0 saturated heterocycles. The molecule has 6 heteroatoms. The summed E-state index contributed by atoms with van der Waals surface area (Å²) in [4.78, 5) is 36.9. The van der Waals surface area contributed by atoms with Crippen LogP contribution in [-0.2, 0) is 11.2 Å². The summed E-state index contributed by atoms with van der Waals surface area (Å²) in [7, 11) is 0. The van der Waals surface area contributed by atoms with E-state index in [0.717, 1.165) is 0 Å². The van der Waals surface area contributed by atoms with Gasteiger partial charge < -0.3 is 14.4 Å². The SMILES string of the molecule is CC(=O)CC[c-]1c(=O)n(-c2ccccc2)n(-c2ccccc2)c1=O.[Na+]. The van der Waals surface area contributed by atoms with Crippen molar-refractivity contribution < 1.29 is 34.4 Å². The van der Waals surface area contributed by atoms with Crippen molar-refractivity contribution in [3.8, 4) is 11.4 Å². The van der Waals surface area contributed by atoms with Gasteiger partial charge in [-0.05, 0) is 37.6 Å². The average Bonchev–Trinajstić information content (AvgIpc) is 2.85. The second kappa shape index (κ2) is 8.34. The van der Waals surface area contributed by atoms with Crippen molar-refractivity contribution in [2.24, 2.45) is 0 Å². The summed E-state index contributed by atoms with van der Waals surface area (Å²) < 4.78 is 2.74. The fourth-order valence-electron chi connectivity index (χ4n) is 2.65. The quantitative estimate of drug-likeness (QED) is 0.451. The Morgan fingerprint density at radius 2 is 1.24 bits per heavy atom. The number of hydrogen-bond acceptors (Lipinski definition) is 3. The van der Waals surface area contributed by atoms with Gasteiger partial charge in [-0.2, -0.15) is 0 Å². The van der Waals surface area contributed by atoms with E-state index < -0.39 is 0 Å². The molecule has 0 aliphatic carbocycles. The van der Waals surface area contributed by atoms with Crippen LogP contribution >= 0.6 is 0 Å². The van der Waals surface area contributed by atoms with Crippen LogP contribution in [0.5, 0.6) is 0 Å². The first-order valence-corrected chi connectivity index (χ1v) is 7.74. The maximum absolute atomic E-state index is 12.8. The van der Waals surface area contributed by atoms with Crippen LogP contribution in [0, 0.1) is 0 Å². The van der Waals surface area contributed by atoms with Crippen LogP contribution in [0.3, 0.4) is 0 Å². The van der Waals surface area contributed by atoms with E-state index in [9.17, 15) is 14.4 Å². The van der Waals surface area contributed by atoms with Crippen LogP contribution in [0.1, 0.15) is 18.9 Å². The second-order valence-corrected chi connectivity index (χ2v) is 5.59. The molecule has 1 heterocycles. The van der Waals surface area contributed by atoms with E-state index in [1.807, 2.05) is 36.4 Å². The van der Waals surface area contributed by atoms with E-state index >= 15 is 0 Å². The topological polar surface area (TPSA) is 61.1 Å². The predicted molar refractivity (Wildman–Crippen MR) is 92.2 cm³/mol. The Hall–Kier alpha value is -2.08. The summed E-state index contributed by atoms with van der Waals surface area (Å²) in [5.41, 5.74) is 0.598. The molecule has 0 aliphatic rings. The van der Waals surface area contributed by atoms with Gasteiger partial charge in [-0.3, -0.25) is 0 Å². The Morgan fingerprint density at radius 3 is 1.60 bits per heavy atom. The van der Waals surface area contributed by atoms with Gasteiger partial charge in [0, 0.05) is 0 Å². The number of para-hydroxylation sites is 2. The molecule has 0 bridgehead atoms. The van der Waals surface area contributed by atoms with Crippen molar-refractivity contribution in [1.82, 2.24) is 9.36 Å². The Morgan fingerprint density at radius 1 is 0.840 bits per heavy atom. The smallest absolute Gasteiger partial charge is 0.308 e. The number of carbonyl (C=O) groups excluding carboxylic acids is 1. The standard InChI is InChI=1S/C19H17N2O3.Na/c1-14(22)12-13-17-18(23)20(15-8-4-2-5-9-15)21(19(17)24)16-10-6-3-7-11-16;/h2-11H,12-13H2,1H3;/q-1;+1. The first kappa shape index (κ1) is 19.2. The molecule has 0 fully saturated rings. The van der Waals surface area contributed by atoms with Crippen LogP contribution in [0.2, 0.25) is 0 Å². The van der Waals surface area contributed by atoms with Crippen LogP contribution < -0.4 is 40.7 Å². The minimum atomic E-state index is -0.378. The summed E-state index contributed by atoms with van der Waals surface area (Å²) in [5.74, 6) is -0.0486. The molecular formula is C19H17N2NaO3. The third-order valence-corrected chi connectivity index (χ3v) is 3.83. The van der Waals surface area contributed by atoms with E-state index in [0.29, 0.717) is 11.4 Å². The Kier molecular flexibility index (Phi) is 6.42. The van der Waals surface area contributed by atoms with Crippen molar-refractivity contribution in [1.29, 1.82) is 0 Å². The van der Waals surface area contributed by atoms with Crippen molar-refractivity contribution in [3.05, 3.63) is 86.9 Å². The van der Waals surface area contributed by atoms with Gasteiger partial charge in [0.05, 0.1) is 11.4 Å². The van der Waals surface area contributed by atoms with Gasteiger partial charge in [0.25, 0.3) is 0 Å². The molecule has 0 amide bonds.